The molecule has 2 unspecified atom stereocenters. The predicted molar refractivity (Wildman–Crippen MR) is 70.6 cm³/mol. The molecule has 112 valence electrons. The van der Waals surface area contributed by atoms with Gasteiger partial charge >= 0.3 is 6.09 Å². The lowest BCUT2D eigenvalue weighted by atomic mass is 9.99. The van der Waals surface area contributed by atoms with Crippen molar-refractivity contribution in [3.05, 3.63) is 35.9 Å². The van der Waals surface area contributed by atoms with Gasteiger partial charge in [0, 0.05) is 0 Å². The molecule has 1 aliphatic rings. The molecule has 3 amide bonds. The summed E-state index contributed by atoms with van der Waals surface area (Å²) in [5.74, 6) is -1.01. The summed E-state index contributed by atoms with van der Waals surface area (Å²) in [4.78, 5) is 38.9. The molecule has 3 N–H and O–H groups in total. The van der Waals surface area contributed by atoms with Crippen LogP contribution in [-0.2, 0) is 25.8 Å². The molecule has 0 radical (unpaired) electrons. The van der Waals surface area contributed by atoms with Crippen LogP contribution in [0.4, 0.5) is 4.79 Å². The van der Waals surface area contributed by atoms with Crippen LogP contribution in [0.15, 0.2) is 30.3 Å². The molecular formula is C13H15N3O5. The monoisotopic (exact) mass is 293 g/mol. The second-order valence-corrected chi connectivity index (χ2v) is 4.34. The number of nitrogens with one attached hydrogen (secondary N) is 3. The molecule has 0 aromatic heterocycles. The first-order chi connectivity index (χ1) is 10.1. The van der Waals surface area contributed by atoms with Crippen molar-refractivity contribution in [3.8, 4) is 0 Å². The molecule has 0 bridgehead atoms. The molecule has 1 saturated heterocycles. The fourth-order valence-electron chi connectivity index (χ4n) is 1.80. The smallest absolute Gasteiger partial charge is 0.408 e. The van der Waals surface area contributed by atoms with Crippen molar-refractivity contribution in [2.24, 2.45) is 0 Å². The molecule has 2 rings (SSSR count). The molecule has 8 heteroatoms. The Morgan fingerprint density at radius 2 is 2.00 bits per heavy atom. The number of hydrogen-bond acceptors (Lipinski definition) is 5. The minimum atomic E-state index is -0.969. The van der Waals surface area contributed by atoms with Gasteiger partial charge in [-0.25, -0.2) is 10.3 Å². The van der Waals surface area contributed by atoms with Crippen LogP contribution in [-0.4, -0.2) is 37.1 Å². The highest BCUT2D eigenvalue weighted by atomic mass is 16.6. The molecular weight excluding hydrogens is 278 g/mol. The summed E-state index contributed by atoms with van der Waals surface area (Å²) in [5.41, 5.74) is 2.90. The standard InChI is InChI=1S/C13H15N3O5/c1-20-16-12(18)10-9(11(17)14-10)15-13(19)21-7-8-5-3-2-4-6-8/h2-6,9-10H,7H2,1H3,(H,14,17)(H,15,19)(H,16,18). The summed E-state index contributed by atoms with van der Waals surface area (Å²) in [6.07, 6.45) is -0.770. The molecule has 1 aliphatic heterocycles. The maximum Gasteiger partial charge on any atom is 0.408 e. The molecule has 1 heterocycles. The van der Waals surface area contributed by atoms with Gasteiger partial charge in [0.25, 0.3) is 5.91 Å². The van der Waals surface area contributed by atoms with Crippen LogP contribution >= 0.6 is 0 Å². The Balaban J connectivity index is 1.81. The summed E-state index contributed by atoms with van der Waals surface area (Å²) < 4.78 is 4.98. The van der Waals surface area contributed by atoms with Gasteiger partial charge in [-0.1, -0.05) is 30.3 Å². The van der Waals surface area contributed by atoms with Crippen LogP contribution < -0.4 is 16.1 Å². The Morgan fingerprint density at radius 3 is 2.62 bits per heavy atom. The van der Waals surface area contributed by atoms with Crippen molar-refractivity contribution in [2.45, 2.75) is 18.7 Å². The first kappa shape index (κ1) is 14.8. The van der Waals surface area contributed by atoms with Gasteiger partial charge < -0.3 is 15.4 Å². The number of hydroxylamine groups is 1. The van der Waals surface area contributed by atoms with Gasteiger partial charge in [0.1, 0.15) is 18.7 Å². The zero-order valence-electron chi connectivity index (χ0n) is 11.3. The third-order valence-corrected chi connectivity index (χ3v) is 2.88. The minimum absolute atomic E-state index is 0.0793. The van der Waals surface area contributed by atoms with Gasteiger partial charge in [-0.05, 0) is 5.56 Å². The number of amides is 3. The first-order valence-electron chi connectivity index (χ1n) is 6.22. The van der Waals surface area contributed by atoms with E-state index >= 15 is 0 Å². The number of alkyl carbamates (subject to hydrolysis) is 1. The molecule has 1 aromatic carbocycles. The van der Waals surface area contributed by atoms with Gasteiger partial charge in [0.15, 0.2) is 0 Å². The number of carbonyl (C=O) groups is 3. The van der Waals surface area contributed by atoms with Crippen molar-refractivity contribution >= 4 is 17.9 Å². The molecule has 0 spiro atoms. The fraction of sp³-hybridized carbons (Fsp3) is 0.308. The Bertz CT molecular complexity index is 534. The average molecular weight is 293 g/mol. The predicted octanol–water partition coefficient (Wildman–Crippen LogP) is -0.543. The fourth-order valence-corrected chi connectivity index (χ4v) is 1.80. The number of β-lactam (4-membered cyclic amide) rings is 1. The number of carbonyl (C=O) groups excluding carboxylic acids is 3. The topological polar surface area (TPSA) is 106 Å². The van der Waals surface area contributed by atoms with Gasteiger partial charge in [0.2, 0.25) is 5.91 Å². The summed E-state index contributed by atoms with van der Waals surface area (Å²) >= 11 is 0. The van der Waals surface area contributed by atoms with E-state index in [0.717, 1.165) is 5.56 Å². The number of hydrogen-bond donors (Lipinski definition) is 3. The highest BCUT2D eigenvalue weighted by Gasteiger charge is 2.45. The molecule has 0 aliphatic carbocycles. The normalized spacial score (nSPS) is 20.0. The summed E-state index contributed by atoms with van der Waals surface area (Å²) in [6.45, 7) is 0.0793. The van der Waals surface area contributed by atoms with E-state index in [1.165, 1.54) is 7.11 Å². The van der Waals surface area contributed by atoms with Gasteiger partial charge in [-0.15, -0.1) is 0 Å². The molecule has 1 fully saturated rings. The second kappa shape index (κ2) is 6.71. The maximum atomic E-state index is 11.6. The van der Waals surface area contributed by atoms with Crippen molar-refractivity contribution in [2.75, 3.05) is 7.11 Å². The van der Waals surface area contributed by atoms with E-state index in [4.69, 9.17) is 4.74 Å². The molecule has 0 saturated carbocycles. The van der Waals surface area contributed by atoms with E-state index in [1.54, 1.807) is 12.1 Å². The molecule has 2 atom stereocenters. The Kier molecular flexibility index (Phi) is 4.72. The number of rotatable bonds is 5. The molecule has 1 aromatic rings. The van der Waals surface area contributed by atoms with Gasteiger partial charge in [-0.2, -0.15) is 0 Å². The summed E-state index contributed by atoms with van der Waals surface area (Å²) in [6, 6.07) is 7.25. The average Bonchev–Trinajstić information content (AvgIpc) is 2.49. The van der Waals surface area contributed by atoms with Crippen LogP contribution in [0.1, 0.15) is 5.56 Å². The number of ether oxygens (including phenoxy) is 1. The van der Waals surface area contributed by atoms with Crippen LogP contribution in [0.3, 0.4) is 0 Å². The Labute approximate surface area is 120 Å². The highest BCUT2D eigenvalue weighted by molar-refractivity contribution is 6.02. The van der Waals surface area contributed by atoms with E-state index in [1.807, 2.05) is 18.2 Å². The lowest BCUT2D eigenvalue weighted by Gasteiger charge is -2.34. The first-order valence-corrected chi connectivity index (χ1v) is 6.22. The lowest BCUT2D eigenvalue weighted by Crippen LogP contribution is -2.73. The number of benzene rings is 1. The largest absolute Gasteiger partial charge is 0.445 e. The maximum absolute atomic E-state index is 11.6. The van der Waals surface area contributed by atoms with E-state index in [9.17, 15) is 14.4 Å². The molecule has 21 heavy (non-hydrogen) atoms. The van der Waals surface area contributed by atoms with E-state index < -0.39 is 30.0 Å². The van der Waals surface area contributed by atoms with Crippen LogP contribution in [0.2, 0.25) is 0 Å². The van der Waals surface area contributed by atoms with Crippen LogP contribution in [0.5, 0.6) is 0 Å². The van der Waals surface area contributed by atoms with E-state index in [0.29, 0.717) is 0 Å². The van der Waals surface area contributed by atoms with Crippen molar-refractivity contribution < 1.29 is 24.0 Å². The Hall–Kier alpha value is -2.61. The highest BCUT2D eigenvalue weighted by Crippen LogP contribution is 2.07. The lowest BCUT2D eigenvalue weighted by molar-refractivity contribution is -0.145. The third-order valence-electron chi connectivity index (χ3n) is 2.88. The van der Waals surface area contributed by atoms with Crippen molar-refractivity contribution in [3.63, 3.8) is 0 Å². The molecule has 8 nitrogen and oxygen atoms in total. The van der Waals surface area contributed by atoms with Crippen molar-refractivity contribution in [1.82, 2.24) is 16.1 Å². The summed E-state index contributed by atoms with van der Waals surface area (Å²) in [7, 11) is 1.27. The quantitative estimate of drug-likeness (QED) is 0.499. The van der Waals surface area contributed by atoms with Crippen LogP contribution in [0, 0.1) is 0 Å². The summed E-state index contributed by atoms with van der Waals surface area (Å²) in [5, 5.41) is 4.69. The van der Waals surface area contributed by atoms with E-state index in [2.05, 4.69) is 21.0 Å². The third kappa shape index (κ3) is 3.69. The van der Waals surface area contributed by atoms with Gasteiger partial charge in [-0.3, -0.25) is 14.4 Å². The zero-order valence-corrected chi connectivity index (χ0v) is 11.3. The zero-order chi connectivity index (χ0) is 15.2. The Morgan fingerprint density at radius 1 is 1.29 bits per heavy atom. The van der Waals surface area contributed by atoms with Crippen LogP contribution in [0.25, 0.3) is 0 Å². The minimum Gasteiger partial charge on any atom is -0.445 e. The SMILES string of the molecule is CONC(=O)C1NC(=O)C1NC(=O)OCc1ccccc1. The van der Waals surface area contributed by atoms with Crippen molar-refractivity contribution in [1.29, 1.82) is 0 Å². The second-order valence-electron chi connectivity index (χ2n) is 4.34. The van der Waals surface area contributed by atoms with E-state index in [-0.39, 0.29) is 6.61 Å². The van der Waals surface area contributed by atoms with Gasteiger partial charge in [0.05, 0.1) is 7.11 Å².